The molecule has 1 rings (SSSR count). The van der Waals surface area contributed by atoms with Crippen LogP contribution in [0.25, 0.3) is 0 Å². The van der Waals surface area contributed by atoms with Gasteiger partial charge in [-0.1, -0.05) is 37.3 Å². The molecule has 0 aliphatic carbocycles. The van der Waals surface area contributed by atoms with Crippen molar-refractivity contribution in [1.29, 1.82) is 0 Å². The van der Waals surface area contributed by atoms with E-state index in [2.05, 4.69) is 10.6 Å². The van der Waals surface area contributed by atoms with Crippen molar-refractivity contribution in [3.63, 3.8) is 0 Å². The minimum atomic E-state index is -0.769. The van der Waals surface area contributed by atoms with Gasteiger partial charge in [0.05, 0.1) is 6.54 Å². The number of nitrogens with one attached hydrogen (secondary N) is 2. The molecule has 0 saturated carbocycles. The zero-order chi connectivity index (χ0) is 13.2. The van der Waals surface area contributed by atoms with Gasteiger partial charge in [0.2, 0.25) is 5.91 Å². The number of benzene rings is 1. The summed E-state index contributed by atoms with van der Waals surface area (Å²) in [5.41, 5.74) is 1.08. The zero-order valence-electron chi connectivity index (χ0n) is 10.6. The van der Waals surface area contributed by atoms with Gasteiger partial charge in [-0.05, 0) is 5.56 Å². The molecule has 0 bridgehead atoms. The minimum Gasteiger partial charge on any atom is -0.351 e. The summed E-state index contributed by atoms with van der Waals surface area (Å²) in [6.07, 6.45) is 0. The van der Waals surface area contributed by atoms with Crippen molar-refractivity contribution in [2.24, 2.45) is 0 Å². The zero-order valence-corrected chi connectivity index (χ0v) is 11.5. The third kappa shape index (κ3) is 6.51. The molecule has 18 heavy (non-hydrogen) atoms. The predicted molar refractivity (Wildman–Crippen MR) is 74.7 cm³/mol. The average molecular weight is 268 g/mol. The van der Waals surface area contributed by atoms with E-state index in [9.17, 15) is 9.00 Å². The third-order valence-electron chi connectivity index (χ3n) is 2.45. The molecule has 0 aromatic heterocycles. The van der Waals surface area contributed by atoms with E-state index < -0.39 is 10.8 Å². The van der Waals surface area contributed by atoms with Crippen LogP contribution in [0.5, 0.6) is 0 Å². The number of rotatable bonds is 8. The molecular formula is C13H20N2O2S. The van der Waals surface area contributed by atoms with Crippen molar-refractivity contribution in [3.8, 4) is 0 Å². The Balaban J connectivity index is 2.09. The Morgan fingerprint density at radius 2 is 2.00 bits per heavy atom. The van der Waals surface area contributed by atoms with Crippen LogP contribution in [-0.4, -0.2) is 34.7 Å². The number of hydrogen-bond donors (Lipinski definition) is 2. The van der Waals surface area contributed by atoms with Crippen LogP contribution in [0.15, 0.2) is 30.3 Å². The molecule has 4 nitrogen and oxygen atoms in total. The lowest BCUT2D eigenvalue weighted by Crippen LogP contribution is -2.35. The standard InChI is InChI=1S/C13H20N2O2S/c1-2-18(17)9-8-14-11-13(16)15-10-12-6-4-3-5-7-12/h3-7,14H,2,8-11H2,1H3,(H,15,16). The van der Waals surface area contributed by atoms with Crippen molar-refractivity contribution >= 4 is 16.7 Å². The topological polar surface area (TPSA) is 58.2 Å². The molecule has 100 valence electrons. The fourth-order valence-electron chi connectivity index (χ4n) is 1.39. The van der Waals surface area contributed by atoms with Gasteiger partial charge in [-0.15, -0.1) is 0 Å². The van der Waals surface area contributed by atoms with E-state index in [1.165, 1.54) is 0 Å². The van der Waals surface area contributed by atoms with Crippen LogP contribution in [0.2, 0.25) is 0 Å². The van der Waals surface area contributed by atoms with Crippen LogP contribution in [0, 0.1) is 0 Å². The highest BCUT2D eigenvalue weighted by atomic mass is 32.2. The van der Waals surface area contributed by atoms with Gasteiger partial charge in [0, 0.05) is 35.4 Å². The first kappa shape index (κ1) is 14.9. The van der Waals surface area contributed by atoms with Crippen LogP contribution in [0.3, 0.4) is 0 Å². The Labute approximate surface area is 111 Å². The second kappa shape index (κ2) is 8.83. The molecule has 1 amide bonds. The first-order valence-corrected chi connectivity index (χ1v) is 7.57. The average Bonchev–Trinajstić information content (AvgIpc) is 2.42. The van der Waals surface area contributed by atoms with Crippen LogP contribution in [0.1, 0.15) is 12.5 Å². The quantitative estimate of drug-likeness (QED) is 0.681. The van der Waals surface area contributed by atoms with Gasteiger partial charge >= 0.3 is 0 Å². The molecule has 0 fully saturated rings. The van der Waals surface area contributed by atoms with E-state index in [1.54, 1.807) is 0 Å². The Morgan fingerprint density at radius 3 is 2.67 bits per heavy atom. The van der Waals surface area contributed by atoms with Crippen LogP contribution >= 0.6 is 0 Å². The summed E-state index contributed by atoms with van der Waals surface area (Å²) in [5, 5.41) is 5.81. The van der Waals surface area contributed by atoms with Gasteiger partial charge in [-0.2, -0.15) is 0 Å². The highest BCUT2D eigenvalue weighted by Gasteiger charge is 2.01. The van der Waals surface area contributed by atoms with Gasteiger partial charge in [-0.25, -0.2) is 0 Å². The second-order valence-corrected chi connectivity index (χ2v) is 5.74. The Morgan fingerprint density at radius 1 is 1.28 bits per heavy atom. The maximum atomic E-state index is 11.5. The number of amides is 1. The molecule has 0 aliphatic heterocycles. The van der Waals surface area contributed by atoms with Crippen molar-refractivity contribution in [2.45, 2.75) is 13.5 Å². The van der Waals surface area contributed by atoms with E-state index in [1.807, 2.05) is 37.3 Å². The lowest BCUT2D eigenvalue weighted by atomic mass is 10.2. The first-order valence-electron chi connectivity index (χ1n) is 6.08. The molecule has 5 heteroatoms. The molecular weight excluding hydrogens is 248 g/mol. The Bertz CT molecular complexity index is 382. The number of carbonyl (C=O) groups excluding carboxylic acids is 1. The normalized spacial score (nSPS) is 12.1. The van der Waals surface area contributed by atoms with Crippen molar-refractivity contribution in [2.75, 3.05) is 24.6 Å². The maximum Gasteiger partial charge on any atom is 0.234 e. The van der Waals surface area contributed by atoms with Gasteiger partial charge in [0.1, 0.15) is 0 Å². The van der Waals surface area contributed by atoms with E-state index in [4.69, 9.17) is 0 Å². The second-order valence-electron chi connectivity index (χ2n) is 3.87. The number of carbonyl (C=O) groups is 1. The molecule has 1 aromatic rings. The third-order valence-corrected chi connectivity index (χ3v) is 3.75. The van der Waals surface area contributed by atoms with E-state index in [-0.39, 0.29) is 12.5 Å². The molecule has 0 spiro atoms. The van der Waals surface area contributed by atoms with Crippen LogP contribution in [-0.2, 0) is 22.1 Å². The van der Waals surface area contributed by atoms with Gasteiger partial charge < -0.3 is 10.6 Å². The molecule has 0 aliphatic rings. The molecule has 0 heterocycles. The van der Waals surface area contributed by atoms with E-state index in [0.29, 0.717) is 24.6 Å². The van der Waals surface area contributed by atoms with Crippen LogP contribution < -0.4 is 10.6 Å². The van der Waals surface area contributed by atoms with Gasteiger partial charge in [0.25, 0.3) is 0 Å². The highest BCUT2D eigenvalue weighted by Crippen LogP contribution is 1.96. The predicted octanol–water partition coefficient (Wildman–Crippen LogP) is 0.661. The van der Waals surface area contributed by atoms with E-state index >= 15 is 0 Å². The summed E-state index contributed by atoms with van der Waals surface area (Å²) in [5.74, 6) is 1.23. The SMILES string of the molecule is CCS(=O)CCNCC(=O)NCc1ccccc1. The fourth-order valence-corrected chi connectivity index (χ4v) is 2.05. The molecule has 1 unspecified atom stereocenters. The van der Waals surface area contributed by atoms with Gasteiger partial charge in [-0.3, -0.25) is 9.00 Å². The lowest BCUT2D eigenvalue weighted by Gasteiger charge is -2.06. The van der Waals surface area contributed by atoms with Crippen molar-refractivity contribution in [1.82, 2.24) is 10.6 Å². The Hall–Kier alpha value is -1.20. The summed E-state index contributed by atoms with van der Waals surface area (Å²) in [4.78, 5) is 11.5. The minimum absolute atomic E-state index is 0.0406. The molecule has 2 N–H and O–H groups in total. The van der Waals surface area contributed by atoms with E-state index in [0.717, 1.165) is 5.56 Å². The summed E-state index contributed by atoms with van der Waals surface area (Å²) in [6.45, 7) is 3.32. The fraction of sp³-hybridized carbons (Fsp3) is 0.462. The maximum absolute atomic E-state index is 11.5. The van der Waals surface area contributed by atoms with Gasteiger partial charge in [0.15, 0.2) is 0 Å². The lowest BCUT2D eigenvalue weighted by molar-refractivity contribution is -0.120. The summed E-state index contributed by atoms with van der Waals surface area (Å²) >= 11 is 0. The Kier molecular flexibility index (Phi) is 7.29. The smallest absolute Gasteiger partial charge is 0.234 e. The first-order chi connectivity index (χ1) is 8.72. The summed E-state index contributed by atoms with van der Waals surface area (Å²) in [7, 11) is -0.769. The molecule has 0 saturated heterocycles. The largest absolute Gasteiger partial charge is 0.351 e. The van der Waals surface area contributed by atoms with Crippen LogP contribution in [0.4, 0.5) is 0 Å². The number of hydrogen-bond acceptors (Lipinski definition) is 3. The molecule has 0 radical (unpaired) electrons. The molecule has 1 aromatic carbocycles. The summed E-state index contributed by atoms with van der Waals surface area (Å²) in [6, 6.07) is 9.77. The molecule has 1 atom stereocenters. The highest BCUT2D eigenvalue weighted by molar-refractivity contribution is 7.84. The van der Waals surface area contributed by atoms with Crippen molar-refractivity contribution < 1.29 is 9.00 Å². The van der Waals surface area contributed by atoms with Crippen molar-refractivity contribution in [3.05, 3.63) is 35.9 Å². The monoisotopic (exact) mass is 268 g/mol. The summed E-state index contributed by atoms with van der Waals surface area (Å²) < 4.78 is 11.1.